The first kappa shape index (κ1) is 18.2. The molecule has 25 heavy (non-hydrogen) atoms. The minimum absolute atomic E-state index is 0.131. The summed E-state index contributed by atoms with van der Waals surface area (Å²) >= 11 is 0. The third kappa shape index (κ3) is 5.47. The van der Waals surface area contributed by atoms with Crippen LogP contribution in [0.3, 0.4) is 0 Å². The molecule has 0 bridgehead atoms. The highest BCUT2D eigenvalue weighted by Crippen LogP contribution is 2.12. The molecule has 0 aliphatic rings. The van der Waals surface area contributed by atoms with Crippen LogP contribution in [-0.4, -0.2) is 31.1 Å². The van der Waals surface area contributed by atoms with Gasteiger partial charge in [0.1, 0.15) is 0 Å². The van der Waals surface area contributed by atoms with E-state index < -0.39 is 5.91 Å². The largest absolute Gasteiger partial charge is 0.378 e. The molecule has 2 aromatic rings. The number of hydrogen-bond acceptors (Lipinski definition) is 4. The van der Waals surface area contributed by atoms with E-state index in [-0.39, 0.29) is 5.91 Å². The van der Waals surface area contributed by atoms with Gasteiger partial charge in [-0.2, -0.15) is 0 Å². The number of nitrogens with zero attached hydrogens (tertiary/aromatic N) is 1. The average Bonchev–Trinajstić information content (AvgIpc) is 2.65. The van der Waals surface area contributed by atoms with Gasteiger partial charge in [0.2, 0.25) is 0 Å². The summed E-state index contributed by atoms with van der Waals surface area (Å²) in [5, 5.41) is 11.3. The van der Waals surface area contributed by atoms with E-state index in [1.807, 2.05) is 55.4 Å². The van der Waals surface area contributed by atoms with Gasteiger partial charge in [-0.05, 0) is 41.5 Å². The Bertz CT molecular complexity index is 750. The van der Waals surface area contributed by atoms with Crippen LogP contribution >= 0.6 is 0 Å². The zero-order valence-corrected chi connectivity index (χ0v) is 14.2. The Labute approximate surface area is 146 Å². The monoisotopic (exact) mass is 339 g/mol. The van der Waals surface area contributed by atoms with Crippen molar-refractivity contribution in [2.45, 2.75) is 6.54 Å². The molecule has 0 saturated heterocycles. The Hall–Kier alpha value is -3.12. The molecule has 0 aliphatic carbocycles. The number of anilines is 1. The molecule has 0 aliphatic heterocycles. The maximum absolute atomic E-state index is 12.2. The summed E-state index contributed by atoms with van der Waals surface area (Å²) in [7, 11) is 3.90. The molecule has 0 heterocycles. The first-order valence-electron chi connectivity index (χ1n) is 7.76. The second-order valence-electron chi connectivity index (χ2n) is 5.67. The third-order valence-corrected chi connectivity index (χ3v) is 3.62. The van der Waals surface area contributed by atoms with Gasteiger partial charge in [-0.15, -0.1) is 0 Å². The van der Waals surface area contributed by atoms with Crippen LogP contribution in [0.25, 0.3) is 6.08 Å². The number of amides is 2. The Morgan fingerprint density at radius 1 is 1.04 bits per heavy atom. The van der Waals surface area contributed by atoms with Crippen LogP contribution in [0.5, 0.6) is 0 Å². The Morgan fingerprint density at radius 3 is 2.24 bits per heavy atom. The van der Waals surface area contributed by atoms with E-state index >= 15 is 0 Å². The van der Waals surface area contributed by atoms with Gasteiger partial charge < -0.3 is 10.2 Å². The SMILES string of the molecule is CN(C)c1ccc(C(=O)NCc2ccc(C=CC(=O)NO)cc2)cc1. The number of carbonyl (C=O) groups is 2. The molecule has 0 radical (unpaired) electrons. The third-order valence-electron chi connectivity index (χ3n) is 3.62. The van der Waals surface area contributed by atoms with Crippen LogP contribution in [0.2, 0.25) is 0 Å². The topological polar surface area (TPSA) is 81.7 Å². The fourth-order valence-corrected chi connectivity index (χ4v) is 2.15. The number of carbonyl (C=O) groups excluding carboxylic acids is 2. The quantitative estimate of drug-likeness (QED) is 0.428. The summed E-state index contributed by atoms with van der Waals surface area (Å²) in [6.45, 7) is 0.412. The van der Waals surface area contributed by atoms with E-state index in [0.717, 1.165) is 16.8 Å². The summed E-state index contributed by atoms with van der Waals surface area (Å²) < 4.78 is 0. The summed E-state index contributed by atoms with van der Waals surface area (Å²) in [5.41, 5.74) is 4.94. The van der Waals surface area contributed by atoms with Crippen LogP contribution in [0.15, 0.2) is 54.6 Å². The maximum Gasteiger partial charge on any atom is 0.267 e. The van der Waals surface area contributed by atoms with Gasteiger partial charge in [0.05, 0.1) is 0 Å². The van der Waals surface area contributed by atoms with E-state index in [1.165, 1.54) is 11.6 Å². The van der Waals surface area contributed by atoms with Crippen LogP contribution in [-0.2, 0) is 11.3 Å². The van der Waals surface area contributed by atoms with Gasteiger partial charge in [-0.1, -0.05) is 24.3 Å². The van der Waals surface area contributed by atoms with Gasteiger partial charge in [0.25, 0.3) is 11.8 Å². The lowest BCUT2D eigenvalue weighted by Gasteiger charge is -2.12. The lowest BCUT2D eigenvalue weighted by Crippen LogP contribution is -2.22. The van der Waals surface area contributed by atoms with Gasteiger partial charge in [0.15, 0.2) is 0 Å². The number of hydroxylamine groups is 1. The summed E-state index contributed by atoms with van der Waals surface area (Å²) in [4.78, 5) is 25.1. The zero-order chi connectivity index (χ0) is 18.2. The molecule has 0 spiro atoms. The lowest BCUT2D eigenvalue weighted by atomic mass is 10.1. The summed E-state index contributed by atoms with van der Waals surface area (Å²) in [5.74, 6) is -0.717. The van der Waals surface area contributed by atoms with Crippen molar-refractivity contribution in [2.75, 3.05) is 19.0 Å². The van der Waals surface area contributed by atoms with Crippen molar-refractivity contribution in [3.8, 4) is 0 Å². The molecular weight excluding hydrogens is 318 g/mol. The normalized spacial score (nSPS) is 10.5. The highest BCUT2D eigenvalue weighted by atomic mass is 16.5. The molecule has 2 amide bonds. The fourth-order valence-electron chi connectivity index (χ4n) is 2.15. The minimum Gasteiger partial charge on any atom is -0.378 e. The van der Waals surface area contributed by atoms with Crippen molar-refractivity contribution in [3.63, 3.8) is 0 Å². The van der Waals surface area contributed by atoms with Crippen LogP contribution < -0.4 is 15.7 Å². The Balaban J connectivity index is 1.91. The van der Waals surface area contributed by atoms with Crippen molar-refractivity contribution >= 4 is 23.6 Å². The molecule has 0 saturated carbocycles. The molecule has 2 rings (SSSR count). The van der Waals surface area contributed by atoms with E-state index in [1.54, 1.807) is 18.2 Å². The van der Waals surface area contributed by atoms with Crippen molar-refractivity contribution in [3.05, 3.63) is 71.3 Å². The van der Waals surface area contributed by atoms with E-state index in [0.29, 0.717) is 12.1 Å². The molecule has 2 aromatic carbocycles. The maximum atomic E-state index is 12.2. The Kier molecular flexibility index (Phi) is 6.31. The zero-order valence-electron chi connectivity index (χ0n) is 14.2. The first-order valence-corrected chi connectivity index (χ1v) is 7.76. The molecule has 6 heteroatoms. The second kappa shape index (κ2) is 8.65. The lowest BCUT2D eigenvalue weighted by molar-refractivity contribution is -0.124. The van der Waals surface area contributed by atoms with E-state index in [2.05, 4.69) is 5.32 Å². The number of benzene rings is 2. The van der Waals surface area contributed by atoms with E-state index in [9.17, 15) is 9.59 Å². The average molecular weight is 339 g/mol. The molecule has 6 nitrogen and oxygen atoms in total. The number of hydrogen-bond donors (Lipinski definition) is 3. The first-order chi connectivity index (χ1) is 12.0. The fraction of sp³-hybridized carbons (Fsp3) is 0.158. The van der Waals surface area contributed by atoms with Crippen molar-refractivity contribution < 1.29 is 14.8 Å². The van der Waals surface area contributed by atoms with Crippen molar-refractivity contribution in [1.82, 2.24) is 10.8 Å². The number of rotatable bonds is 6. The standard InChI is InChI=1S/C19H21N3O3/c1-22(2)17-10-8-16(9-11-17)19(24)20-13-15-5-3-14(4-6-15)7-12-18(23)21-25/h3-12,25H,13H2,1-2H3,(H,20,24)(H,21,23). The smallest absolute Gasteiger partial charge is 0.267 e. The van der Waals surface area contributed by atoms with Crippen LogP contribution in [0.4, 0.5) is 5.69 Å². The van der Waals surface area contributed by atoms with Gasteiger partial charge in [0, 0.05) is 38.0 Å². The summed E-state index contributed by atoms with van der Waals surface area (Å²) in [6.07, 6.45) is 2.81. The van der Waals surface area contributed by atoms with Crippen LogP contribution in [0.1, 0.15) is 21.5 Å². The van der Waals surface area contributed by atoms with E-state index in [4.69, 9.17) is 5.21 Å². The minimum atomic E-state index is -0.586. The summed E-state index contributed by atoms with van der Waals surface area (Å²) in [6, 6.07) is 14.8. The predicted octanol–water partition coefficient (Wildman–Crippen LogP) is 2.20. The van der Waals surface area contributed by atoms with Crippen LogP contribution in [0, 0.1) is 0 Å². The van der Waals surface area contributed by atoms with Gasteiger partial charge >= 0.3 is 0 Å². The molecule has 130 valence electrons. The molecule has 0 fully saturated rings. The molecule has 0 aromatic heterocycles. The van der Waals surface area contributed by atoms with Gasteiger partial charge in [-0.25, -0.2) is 5.48 Å². The van der Waals surface area contributed by atoms with Crippen molar-refractivity contribution in [2.24, 2.45) is 0 Å². The molecular formula is C19H21N3O3. The highest BCUT2D eigenvalue weighted by Gasteiger charge is 2.05. The van der Waals surface area contributed by atoms with Gasteiger partial charge in [-0.3, -0.25) is 14.8 Å². The Morgan fingerprint density at radius 2 is 1.68 bits per heavy atom. The molecule has 0 unspecified atom stereocenters. The molecule has 0 atom stereocenters. The predicted molar refractivity (Wildman–Crippen MR) is 97.3 cm³/mol. The highest BCUT2D eigenvalue weighted by molar-refractivity contribution is 5.94. The van der Waals surface area contributed by atoms with Crippen molar-refractivity contribution in [1.29, 1.82) is 0 Å². The second-order valence-corrected chi connectivity index (χ2v) is 5.67. The number of nitrogens with one attached hydrogen (secondary N) is 2. The molecule has 3 N–H and O–H groups in total.